The van der Waals surface area contributed by atoms with Gasteiger partial charge in [0.05, 0.1) is 12.2 Å². The van der Waals surface area contributed by atoms with Gasteiger partial charge >= 0.3 is 6.09 Å². The van der Waals surface area contributed by atoms with E-state index in [2.05, 4.69) is 4.72 Å². The molecule has 0 spiro atoms. The van der Waals surface area contributed by atoms with Crippen molar-refractivity contribution in [2.45, 2.75) is 4.90 Å². The van der Waals surface area contributed by atoms with E-state index in [1.54, 1.807) is 6.07 Å². The van der Waals surface area contributed by atoms with Crippen LogP contribution in [-0.4, -0.2) is 27.7 Å². The van der Waals surface area contributed by atoms with E-state index in [1.165, 1.54) is 23.1 Å². The number of carbonyl (C=O) groups is 1. The molecule has 126 valence electrons. The number of hydrogen-bond acceptors (Lipinski definition) is 4. The first-order valence-electron chi connectivity index (χ1n) is 6.89. The van der Waals surface area contributed by atoms with Crippen LogP contribution in [0.2, 0.25) is 0 Å². The molecule has 0 saturated carbocycles. The van der Waals surface area contributed by atoms with Gasteiger partial charge in [-0.25, -0.2) is 22.0 Å². The molecule has 1 aliphatic rings. The number of halogens is 2. The highest BCUT2D eigenvalue weighted by Crippen LogP contribution is 2.25. The number of nitrogens with zero attached hydrogens (tertiary/aromatic N) is 1. The van der Waals surface area contributed by atoms with Gasteiger partial charge in [0.2, 0.25) is 0 Å². The SMILES string of the molecule is O=C1OCCN1c1cccc(NS(=O)(=O)c2cc(F)ccc2F)c1. The largest absolute Gasteiger partial charge is 0.447 e. The van der Waals surface area contributed by atoms with Gasteiger partial charge in [0.15, 0.2) is 0 Å². The summed E-state index contributed by atoms with van der Waals surface area (Å²) in [5.74, 6) is -1.94. The van der Waals surface area contributed by atoms with Crippen LogP contribution in [0.1, 0.15) is 0 Å². The number of amides is 1. The smallest absolute Gasteiger partial charge is 0.414 e. The third-order valence-corrected chi connectivity index (χ3v) is 4.75. The maximum absolute atomic E-state index is 13.7. The highest BCUT2D eigenvalue weighted by atomic mass is 32.2. The van der Waals surface area contributed by atoms with Gasteiger partial charge in [0.1, 0.15) is 23.1 Å². The Bertz CT molecular complexity index is 902. The molecule has 0 atom stereocenters. The van der Waals surface area contributed by atoms with Crippen LogP contribution >= 0.6 is 0 Å². The summed E-state index contributed by atoms with van der Waals surface area (Å²) in [4.78, 5) is 12.1. The van der Waals surface area contributed by atoms with E-state index in [0.717, 1.165) is 12.1 Å². The predicted molar refractivity (Wildman–Crippen MR) is 82.3 cm³/mol. The van der Waals surface area contributed by atoms with Crippen LogP contribution in [0.5, 0.6) is 0 Å². The lowest BCUT2D eigenvalue weighted by Crippen LogP contribution is -2.23. The Labute approximate surface area is 136 Å². The molecule has 1 fully saturated rings. The molecule has 1 saturated heterocycles. The van der Waals surface area contributed by atoms with Crippen molar-refractivity contribution in [3.8, 4) is 0 Å². The first kappa shape index (κ1) is 16.2. The lowest BCUT2D eigenvalue weighted by atomic mass is 10.2. The molecule has 0 bridgehead atoms. The van der Waals surface area contributed by atoms with Crippen molar-refractivity contribution in [2.24, 2.45) is 0 Å². The fourth-order valence-corrected chi connectivity index (χ4v) is 3.40. The molecule has 1 amide bonds. The summed E-state index contributed by atoms with van der Waals surface area (Å²) in [6.45, 7) is 0.580. The number of anilines is 2. The van der Waals surface area contributed by atoms with Gasteiger partial charge in [-0.2, -0.15) is 0 Å². The first-order chi connectivity index (χ1) is 11.4. The van der Waals surface area contributed by atoms with Crippen molar-refractivity contribution in [1.82, 2.24) is 0 Å². The summed E-state index contributed by atoms with van der Waals surface area (Å²) in [5, 5.41) is 0. The fraction of sp³-hybridized carbons (Fsp3) is 0.133. The highest BCUT2D eigenvalue weighted by molar-refractivity contribution is 7.92. The van der Waals surface area contributed by atoms with Crippen LogP contribution in [0, 0.1) is 11.6 Å². The van der Waals surface area contributed by atoms with Gasteiger partial charge in [0, 0.05) is 5.69 Å². The summed E-state index contributed by atoms with van der Waals surface area (Å²) in [5.41, 5.74) is 0.535. The normalized spacial score (nSPS) is 14.6. The second-order valence-corrected chi connectivity index (χ2v) is 6.65. The van der Waals surface area contributed by atoms with Crippen molar-refractivity contribution in [3.05, 3.63) is 54.1 Å². The van der Waals surface area contributed by atoms with E-state index < -0.39 is 32.6 Å². The van der Waals surface area contributed by atoms with Crippen molar-refractivity contribution < 1.29 is 26.7 Å². The number of cyclic esters (lactones) is 1. The average Bonchev–Trinajstić information content (AvgIpc) is 2.95. The molecule has 6 nitrogen and oxygen atoms in total. The van der Waals surface area contributed by atoms with E-state index in [-0.39, 0.29) is 12.3 Å². The van der Waals surface area contributed by atoms with Crippen molar-refractivity contribution in [3.63, 3.8) is 0 Å². The Kier molecular flexibility index (Phi) is 4.10. The molecular formula is C15H12F2N2O4S. The Morgan fingerprint density at radius 3 is 2.62 bits per heavy atom. The van der Waals surface area contributed by atoms with Gasteiger partial charge in [0.25, 0.3) is 10.0 Å². The topological polar surface area (TPSA) is 75.7 Å². The summed E-state index contributed by atoms with van der Waals surface area (Å²) in [6.07, 6.45) is -0.536. The Balaban J connectivity index is 1.90. The predicted octanol–water partition coefficient (Wildman–Crippen LogP) is 2.72. The molecule has 1 N–H and O–H groups in total. The average molecular weight is 354 g/mol. The zero-order valence-corrected chi connectivity index (χ0v) is 13.0. The molecule has 2 aromatic rings. The number of nitrogens with one attached hydrogen (secondary N) is 1. The quantitative estimate of drug-likeness (QED) is 0.916. The number of sulfonamides is 1. The van der Waals surface area contributed by atoms with E-state index >= 15 is 0 Å². The number of rotatable bonds is 4. The highest BCUT2D eigenvalue weighted by Gasteiger charge is 2.25. The van der Waals surface area contributed by atoms with Gasteiger partial charge < -0.3 is 4.74 Å². The van der Waals surface area contributed by atoms with Crippen LogP contribution in [0.15, 0.2) is 47.4 Å². The molecule has 0 unspecified atom stereocenters. The summed E-state index contributed by atoms with van der Waals surface area (Å²) in [6, 6.07) is 8.13. The summed E-state index contributed by atoms with van der Waals surface area (Å²) >= 11 is 0. The van der Waals surface area contributed by atoms with E-state index in [9.17, 15) is 22.0 Å². The number of carbonyl (C=O) groups excluding carboxylic acids is 1. The van der Waals surface area contributed by atoms with Gasteiger partial charge in [-0.3, -0.25) is 9.62 Å². The number of hydrogen-bond donors (Lipinski definition) is 1. The Morgan fingerprint density at radius 2 is 1.92 bits per heavy atom. The van der Waals surface area contributed by atoms with Crippen LogP contribution in [0.3, 0.4) is 0 Å². The maximum Gasteiger partial charge on any atom is 0.414 e. The molecule has 1 aliphatic heterocycles. The summed E-state index contributed by atoms with van der Waals surface area (Å²) < 4.78 is 58.4. The molecule has 0 aliphatic carbocycles. The van der Waals surface area contributed by atoms with Crippen LogP contribution in [0.4, 0.5) is 25.0 Å². The molecule has 9 heteroatoms. The second-order valence-electron chi connectivity index (χ2n) is 5.00. The standard InChI is InChI=1S/C15H12F2N2O4S/c16-10-4-5-13(17)14(8-10)24(21,22)18-11-2-1-3-12(9-11)19-6-7-23-15(19)20/h1-5,8-9,18H,6-7H2. The third kappa shape index (κ3) is 3.16. The second kappa shape index (κ2) is 6.08. The van der Waals surface area contributed by atoms with Crippen LogP contribution < -0.4 is 9.62 Å². The minimum absolute atomic E-state index is 0.107. The lowest BCUT2D eigenvalue weighted by Gasteiger charge is -2.15. The third-order valence-electron chi connectivity index (χ3n) is 3.35. The van der Waals surface area contributed by atoms with Crippen molar-refractivity contribution in [1.29, 1.82) is 0 Å². The minimum Gasteiger partial charge on any atom is -0.447 e. The minimum atomic E-state index is -4.32. The zero-order chi connectivity index (χ0) is 17.3. The number of benzene rings is 2. The van der Waals surface area contributed by atoms with Gasteiger partial charge in [-0.15, -0.1) is 0 Å². The molecule has 0 radical (unpaired) electrons. The monoisotopic (exact) mass is 354 g/mol. The molecule has 1 heterocycles. The van der Waals surface area contributed by atoms with Gasteiger partial charge in [-0.1, -0.05) is 6.07 Å². The van der Waals surface area contributed by atoms with Gasteiger partial charge in [-0.05, 0) is 36.4 Å². The van der Waals surface area contributed by atoms with Crippen LogP contribution in [-0.2, 0) is 14.8 Å². The fourth-order valence-electron chi connectivity index (χ4n) is 2.26. The Hall–Kier alpha value is -2.68. The summed E-state index contributed by atoms with van der Waals surface area (Å²) in [7, 11) is -4.32. The first-order valence-corrected chi connectivity index (χ1v) is 8.37. The van der Waals surface area contributed by atoms with E-state index in [4.69, 9.17) is 4.74 Å². The lowest BCUT2D eigenvalue weighted by molar-refractivity contribution is 0.181. The van der Waals surface area contributed by atoms with E-state index in [1.807, 2.05) is 0 Å². The Morgan fingerprint density at radius 1 is 1.12 bits per heavy atom. The zero-order valence-electron chi connectivity index (χ0n) is 12.2. The molecule has 0 aromatic heterocycles. The van der Waals surface area contributed by atoms with E-state index in [0.29, 0.717) is 18.3 Å². The number of ether oxygens (including phenoxy) is 1. The molecule has 2 aromatic carbocycles. The molecule has 24 heavy (non-hydrogen) atoms. The maximum atomic E-state index is 13.7. The van der Waals surface area contributed by atoms with Crippen LogP contribution in [0.25, 0.3) is 0 Å². The molecule has 3 rings (SSSR count). The molecular weight excluding hydrogens is 342 g/mol. The van der Waals surface area contributed by atoms with Crippen molar-refractivity contribution >= 4 is 27.5 Å². The van der Waals surface area contributed by atoms with Crippen molar-refractivity contribution in [2.75, 3.05) is 22.8 Å².